The summed E-state index contributed by atoms with van der Waals surface area (Å²) in [6.45, 7) is 0. The Morgan fingerprint density at radius 3 is 2.61 bits per heavy atom. The molecule has 0 aliphatic carbocycles. The van der Waals surface area contributed by atoms with Gasteiger partial charge in [-0.2, -0.15) is 5.26 Å². The van der Waals surface area contributed by atoms with Gasteiger partial charge >= 0.3 is 0 Å². The lowest BCUT2D eigenvalue weighted by molar-refractivity contribution is 1.22. The number of nitrogens with zero attached hydrogens (tertiary/aromatic N) is 3. The first-order valence-corrected chi connectivity index (χ1v) is 8.88. The van der Waals surface area contributed by atoms with Crippen molar-refractivity contribution in [3.05, 3.63) is 57.5 Å². The lowest BCUT2D eigenvalue weighted by Crippen LogP contribution is -1.88. The Hall–Kier alpha value is -2.33. The molecule has 0 saturated carbocycles. The fourth-order valence-corrected chi connectivity index (χ4v) is 4.56. The first kappa shape index (κ1) is 14.3. The molecule has 0 amide bonds. The van der Waals surface area contributed by atoms with E-state index in [0.717, 1.165) is 24.4 Å². The molecular formula is C17H9N3S3. The zero-order chi connectivity index (χ0) is 15.8. The topological polar surface area (TPSA) is 41.6 Å². The van der Waals surface area contributed by atoms with Crippen LogP contribution in [0.1, 0.15) is 5.01 Å². The standard InChI is InChI=1S/C17H9N3S3/c18-9-11(16-19-12-5-1-3-7-14(12)22-16)10-20-13-6-2-4-8-15(13)23-17(20)21/h1-8,10H. The lowest BCUT2D eigenvalue weighted by atomic mass is 10.3. The van der Waals surface area contributed by atoms with Crippen LogP contribution in [0.2, 0.25) is 0 Å². The summed E-state index contributed by atoms with van der Waals surface area (Å²) in [5.41, 5.74) is 2.44. The van der Waals surface area contributed by atoms with Crippen LogP contribution >= 0.6 is 34.9 Å². The van der Waals surface area contributed by atoms with Gasteiger partial charge in [0.1, 0.15) is 16.6 Å². The molecule has 2 aromatic heterocycles. The van der Waals surface area contributed by atoms with Crippen molar-refractivity contribution in [1.82, 2.24) is 9.55 Å². The van der Waals surface area contributed by atoms with Gasteiger partial charge in [0.25, 0.3) is 0 Å². The van der Waals surface area contributed by atoms with Crippen LogP contribution in [0.25, 0.3) is 32.2 Å². The van der Waals surface area contributed by atoms with E-state index in [0.29, 0.717) is 10.6 Å². The largest absolute Gasteiger partial charge is 0.297 e. The molecule has 23 heavy (non-hydrogen) atoms. The van der Waals surface area contributed by atoms with Gasteiger partial charge in [0, 0.05) is 6.20 Å². The van der Waals surface area contributed by atoms with E-state index in [1.807, 2.05) is 53.1 Å². The van der Waals surface area contributed by atoms with Crippen molar-refractivity contribution in [3.8, 4) is 6.07 Å². The summed E-state index contributed by atoms with van der Waals surface area (Å²) in [7, 11) is 0. The SMILES string of the molecule is N#CC(=Cn1c(=S)sc2ccccc21)c1nc2ccccc2s1. The molecule has 4 aromatic rings. The molecule has 0 radical (unpaired) electrons. The van der Waals surface area contributed by atoms with E-state index in [9.17, 15) is 5.26 Å². The van der Waals surface area contributed by atoms with E-state index in [1.165, 1.54) is 22.7 Å². The van der Waals surface area contributed by atoms with Crippen LogP contribution in [-0.2, 0) is 0 Å². The molecule has 0 spiro atoms. The number of hydrogen-bond acceptors (Lipinski definition) is 5. The number of hydrogen-bond donors (Lipinski definition) is 0. The van der Waals surface area contributed by atoms with E-state index in [4.69, 9.17) is 12.2 Å². The molecule has 0 unspecified atom stereocenters. The summed E-state index contributed by atoms with van der Waals surface area (Å²) in [5.74, 6) is 0. The zero-order valence-corrected chi connectivity index (χ0v) is 14.2. The summed E-state index contributed by atoms with van der Waals surface area (Å²) in [5, 5.41) is 10.3. The van der Waals surface area contributed by atoms with Gasteiger partial charge in [0.15, 0.2) is 3.95 Å². The number of thiazole rings is 2. The smallest absolute Gasteiger partial charge is 0.166 e. The van der Waals surface area contributed by atoms with Crippen LogP contribution in [0.4, 0.5) is 0 Å². The normalized spacial score (nSPS) is 11.9. The van der Waals surface area contributed by atoms with Crippen molar-refractivity contribution >= 4 is 67.1 Å². The molecule has 0 atom stereocenters. The zero-order valence-electron chi connectivity index (χ0n) is 11.8. The molecule has 0 bridgehead atoms. The third-order valence-corrected chi connectivity index (χ3v) is 5.87. The summed E-state index contributed by atoms with van der Waals surface area (Å²) in [4.78, 5) is 4.56. The fourth-order valence-electron chi connectivity index (χ4n) is 2.35. The van der Waals surface area contributed by atoms with Gasteiger partial charge in [0.05, 0.1) is 20.4 Å². The van der Waals surface area contributed by atoms with Crippen molar-refractivity contribution in [2.75, 3.05) is 0 Å². The van der Waals surface area contributed by atoms with Crippen molar-refractivity contribution in [2.24, 2.45) is 0 Å². The molecule has 110 valence electrons. The van der Waals surface area contributed by atoms with Crippen LogP contribution in [0.3, 0.4) is 0 Å². The van der Waals surface area contributed by atoms with Gasteiger partial charge in [-0.3, -0.25) is 4.57 Å². The lowest BCUT2D eigenvalue weighted by Gasteiger charge is -1.98. The average molecular weight is 351 g/mol. The van der Waals surface area contributed by atoms with E-state index in [-0.39, 0.29) is 0 Å². The predicted octanol–water partition coefficient (Wildman–Crippen LogP) is 5.56. The van der Waals surface area contributed by atoms with Crippen LogP contribution in [0, 0.1) is 15.3 Å². The average Bonchev–Trinajstić information content (AvgIpc) is 3.13. The molecule has 4 rings (SSSR count). The summed E-state index contributed by atoms with van der Waals surface area (Å²) in [6, 6.07) is 18.1. The Kier molecular flexibility index (Phi) is 3.54. The highest BCUT2D eigenvalue weighted by atomic mass is 32.1. The highest BCUT2D eigenvalue weighted by molar-refractivity contribution is 7.73. The van der Waals surface area contributed by atoms with Gasteiger partial charge < -0.3 is 0 Å². The number of para-hydroxylation sites is 2. The third kappa shape index (κ3) is 2.49. The maximum Gasteiger partial charge on any atom is 0.166 e. The Morgan fingerprint density at radius 2 is 1.83 bits per heavy atom. The third-order valence-electron chi connectivity index (χ3n) is 3.42. The minimum absolute atomic E-state index is 0.519. The second-order valence-corrected chi connectivity index (χ2v) is 7.55. The molecule has 0 fully saturated rings. The molecule has 0 aliphatic heterocycles. The van der Waals surface area contributed by atoms with Crippen LogP contribution < -0.4 is 0 Å². The first-order chi connectivity index (χ1) is 11.3. The highest BCUT2D eigenvalue weighted by Crippen LogP contribution is 2.29. The van der Waals surface area contributed by atoms with Crippen LogP contribution in [-0.4, -0.2) is 9.55 Å². The van der Waals surface area contributed by atoms with E-state index >= 15 is 0 Å². The van der Waals surface area contributed by atoms with Gasteiger partial charge in [-0.1, -0.05) is 24.3 Å². The summed E-state index contributed by atoms with van der Waals surface area (Å²) in [6.07, 6.45) is 1.79. The Bertz CT molecular complexity index is 1120. The monoisotopic (exact) mass is 351 g/mol. The second kappa shape index (κ2) is 5.70. The number of rotatable bonds is 2. The summed E-state index contributed by atoms with van der Waals surface area (Å²) < 4.78 is 4.79. The fraction of sp³-hybridized carbons (Fsp3) is 0. The molecule has 3 nitrogen and oxygen atoms in total. The summed E-state index contributed by atoms with van der Waals surface area (Å²) >= 11 is 8.50. The molecule has 2 heterocycles. The maximum absolute atomic E-state index is 9.57. The van der Waals surface area contributed by atoms with Crippen molar-refractivity contribution in [1.29, 1.82) is 5.26 Å². The molecule has 0 aliphatic rings. The highest BCUT2D eigenvalue weighted by Gasteiger charge is 2.10. The molecule has 2 aromatic carbocycles. The predicted molar refractivity (Wildman–Crippen MR) is 100 cm³/mol. The minimum atomic E-state index is 0.519. The number of nitriles is 1. The Balaban J connectivity index is 1.92. The Labute approximate surface area is 145 Å². The van der Waals surface area contributed by atoms with Crippen molar-refractivity contribution in [2.45, 2.75) is 0 Å². The van der Waals surface area contributed by atoms with Gasteiger partial charge in [0.2, 0.25) is 0 Å². The number of benzene rings is 2. The van der Waals surface area contributed by atoms with Gasteiger partial charge in [-0.05, 0) is 36.5 Å². The maximum atomic E-state index is 9.57. The quantitative estimate of drug-likeness (QED) is 0.350. The molecule has 0 N–H and O–H groups in total. The molecular weight excluding hydrogens is 342 g/mol. The second-order valence-electron chi connectivity index (χ2n) is 4.85. The first-order valence-electron chi connectivity index (χ1n) is 6.84. The van der Waals surface area contributed by atoms with Crippen LogP contribution in [0.5, 0.6) is 0 Å². The Morgan fingerprint density at radius 1 is 1.09 bits per heavy atom. The van der Waals surface area contributed by atoms with E-state index in [1.54, 1.807) is 6.20 Å². The minimum Gasteiger partial charge on any atom is -0.297 e. The van der Waals surface area contributed by atoms with Gasteiger partial charge in [-0.25, -0.2) is 4.98 Å². The van der Waals surface area contributed by atoms with Crippen molar-refractivity contribution < 1.29 is 0 Å². The van der Waals surface area contributed by atoms with E-state index in [2.05, 4.69) is 11.1 Å². The molecule has 6 heteroatoms. The van der Waals surface area contributed by atoms with E-state index < -0.39 is 0 Å². The van der Waals surface area contributed by atoms with Crippen molar-refractivity contribution in [3.63, 3.8) is 0 Å². The van der Waals surface area contributed by atoms with Gasteiger partial charge in [-0.15, -0.1) is 22.7 Å². The number of allylic oxidation sites excluding steroid dienone is 1. The number of fused-ring (bicyclic) bond motifs is 2. The van der Waals surface area contributed by atoms with Crippen LogP contribution in [0.15, 0.2) is 48.5 Å². The molecule has 0 saturated heterocycles. The number of aromatic nitrogens is 2.